The van der Waals surface area contributed by atoms with Crippen LogP contribution in [-0.4, -0.2) is 38.9 Å². The quantitative estimate of drug-likeness (QED) is 0.158. The normalized spacial score (nSPS) is 20.0. The number of phenols is 1. The van der Waals surface area contributed by atoms with Crippen LogP contribution in [0.2, 0.25) is 0 Å². The van der Waals surface area contributed by atoms with Gasteiger partial charge in [-0.15, -0.1) is 0 Å². The summed E-state index contributed by atoms with van der Waals surface area (Å²) in [5.74, 6) is -4.53. The van der Waals surface area contributed by atoms with Gasteiger partial charge in [0, 0.05) is 4.47 Å². The first kappa shape index (κ1) is 26.0. The molecular weight excluding hydrogens is 588 g/mol. The van der Waals surface area contributed by atoms with Crippen molar-refractivity contribution in [3.8, 4) is 5.75 Å². The number of halogens is 1. The maximum atomic E-state index is 14.9. The summed E-state index contributed by atoms with van der Waals surface area (Å²) in [4.78, 5) is 44.8. The standard InChI is InChI=1S/C31H21BrN4O5/c32-20-17-15-19(16-18-20)26(38)25-27(39)28(40)36(23-13-7-8-14-24(23)37)31(25)29(41)34(21-9-3-1-4-10-21)30(33)35(31)22-11-5-2-6-12-22/h1-18,33H,(H2,37,38,39). The Balaban J connectivity index is 1.78. The highest BCUT2D eigenvalue weighted by Gasteiger charge is 2.73. The molecule has 6 rings (SSSR count). The number of ketones is 1. The Hall–Kier alpha value is -5.22. The molecule has 41 heavy (non-hydrogen) atoms. The molecule has 1 saturated heterocycles. The molecule has 1 spiro atoms. The average molecular weight is 609 g/mol. The number of aromatic hydroxyl groups is 1. The van der Waals surface area contributed by atoms with Crippen LogP contribution >= 0.6 is 15.9 Å². The highest BCUT2D eigenvalue weighted by atomic mass is 79.9. The molecule has 1 atom stereocenters. The number of hydrogen-bond acceptors (Lipinski definition) is 6. The molecule has 0 saturated carbocycles. The minimum Gasteiger partial charge on any atom is -0.872 e. The summed E-state index contributed by atoms with van der Waals surface area (Å²) in [7, 11) is 0. The number of nitrogens with zero attached hydrogens (tertiary/aromatic N) is 3. The molecular formula is C31H21BrN4O5. The van der Waals surface area contributed by atoms with Gasteiger partial charge < -0.3 is 10.2 Å². The fourth-order valence-electron chi connectivity index (χ4n) is 5.33. The number of carbonyl (C=O) groups excluding carboxylic acids is 3. The lowest BCUT2D eigenvalue weighted by Crippen LogP contribution is -2.59. The monoisotopic (exact) mass is 608 g/mol. The first-order valence-corrected chi connectivity index (χ1v) is 13.3. The van der Waals surface area contributed by atoms with Crippen LogP contribution in [0.25, 0.3) is 5.76 Å². The second kappa shape index (κ2) is 9.76. The number of hydrogen-bond donors (Lipinski definition) is 2. The van der Waals surface area contributed by atoms with E-state index in [1.807, 2.05) is 0 Å². The molecule has 2 aliphatic rings. The van der Waals surface area contributed by atoms with Crippen LogP contribution in [0.3, 0.4) is 0 Å². The van der Waals surface area contributed by atoms with E-state index < -0.39 is 34.6 Å². The molecule has 2 amide bonds. The number of guanidine groups is 1. The SMILES string of the molecule is NC1=[N+](c2ccccc2)C2(C(=O)N1c1ccccc1)/C(=C(\[O-])c1ccc(Br)cc1)C(=O)C(=O)N2c1ccccc1O. The number of rotatable bonds is 4. The molecule has 2 aliphatic heterocycles. The van der Waals surface area contributed by atoms with Crippen LogP contribution in [0.15, 0.2) is 119 Å². The molecule has 0 bridgehead atoms. The minimum atomic E-state index is -2.40. The van der Waals surface area contributed by atoms with Crippen LogP contribution in [0.4, 0.5) is 17.1 Å². The molecule has 4 aromatic rings. The van der Waals surface area contributed by atoms with Crippen LogP contribution < -0.4 is 20.6 Å². The molecule has 10 heteroatoms. The predicted octanol–water partition coefficient (Wildman–Crippen LogP) is 3.24. The number of benzene rings is 4. The van der Waals surface area contributed by atoms with Gasteiger partial charge in [-0.3, -0.25) is 20.2 Å². The summed E-state index contributed by atoms with van der Waals surface area (Å²) in [5.41, 5.74) is 4.35. The summed E-state index contributed by atoms with van der Waals surface area (Å²) < 4.78 is 2.00. The molecule has 1 unspecified atom stereocenters. The number of nitrogens with two attached hydrogens (primary N) is 1. The molecule has 4 aromatic carbocycles. The average Bonchev–Trinajstić information content (AvgIpc) is 3.35. The van der Waals surface area contributed by atoms with E-state index in [1.165, 1.54) is 39.8 Å². The molecule has 0 aliphatic carbocycles. The zero-order valence-corrected chi connectivity index (χ0v) is 22.9. The van der Waals surface area contributed by atoms with E-state index in [0.717, 1.165) is 4.90 Å². The van der Waals surface area contributed by atoms with Gasteiger partial charge in [-0.1, -0.05) is 82.4 Å². The summed E-state index contributed by atoms with van der Waals surface area (Å²) in [6, 6.07) is 28.9. The lowest BCUT2D eigenvalue weighted by atomic mass is 9.93. The first-order valence-electron chi connectivity index (χ1n) is 12.5. The number of carbonyl (C=O) groups is 3. The van der Waals surface area contributed by atoms with Gasteiger partial charge in [-0.05, 0) is 54.1 Å². The van der Waals surface area contributed by atoms with Gasteiger partial charge in [0.15, 0.2) is 0 Å². The van der Waals surface area contributed by atoms with Crippen molar-refractivity contribution in [1.82, 2.24) is 0 Å². The van der Waals surface area contributed by atoms with E-state index in [4.69, 9.17) is 5.73 Å². The summed E-state index contributed by atoms with van der Waals surface area (Å²) in [6.07, 6.45) is 0. The number of amides is 2. The lowest BCUT2D eigenvalue weighted by Gasteiger charge is -2.35. The Morgan fingerprint density at radius 1 is 0.829 bits per heavy atom. The first-order chi connectivity index (χ1) is 19.8. The minimum absolute atomic E-state index is 0.0837. The van der Waals surface area contributed by atoms with Gasteiger partial charge in [0.05, 0.1) is 11.3 Å². The van der Waals surface area contributed by atoms with Crippen LogP contribution in [-0.2, 0) is 14.4 Å². The second-order valence-corrected chi connectivity index (χ2v) is 10.3. The third kappa shape index (κ3) is 3.75. The predicted molar refractivity (Wildman–Crippen MR) is 154 cm³/mol. The van der Waals surface area contributed by atoms with Crippen molar-refractivity contribution in [2.75, 3.05) is 9.80 Å². The molecule has 0 aromatic heterocycles. The van der Waals surface area contributed by atoms with Gasteiger partial charge >= 0.3 is 17.8 Å². The zero-order chi connectivity index (χ0) is 28.9. The van der Waals surface area contributed by atoms with Crippen molar-refractivity contribution < 1.29 is 29.2 Å². The number of para-hydroxylation sites is 4. The Bertz CT molecular complexity index is 1790. The maximum Gasteiger partial charge on any atom is 0.366 e. The van der Waals surface area contributed by atoms with Crippen LogP contribution in [0, 0.1) is 0 Å². The molecule has 9 nitrogen and oxygen atoms in total. The van der Waals surface area contributed by atoms with Crippen molar-refractivity contribution >= 4 is 62.3 Å². The molecule has 202 valence electrons. The van der Waals surface area contributed by atoms with E-state index >= 15 is 0 Å². The smallest absolute Gasteiger partial charge is 0.366 e. The number of phenolic OH excluding ortho intramolecular Hbond substituents is 1. The Kier molecular flexibility index (Phi) is 6.19. The fraction of sp³-hybridized carbons (Fsp3) is 0.0323. The number of Topliss-reactive ketones (excluding diaryl/α,β-unsaturated/α-hetero) is 1. The van der Waals surface area contributed by atoms with E-state index in [-0.39, 0.29) is 23.0 Å². The summed E-state index contributed by atoms with van der Waals surface area (Å²) in [6.45, 7) is 0. The van der Waals surface area contributed by atoms with Crippen LogP contribution in [0.5, 0.6) is 5.75 Å². The molecule has 3 N–H and O–H groups in total. The third-order valence-electron chi connectivity index (χ3n) is 7.06. The van der Waals surface area contributed by atoms with Gasteiger partial charge in [0.1, 0.15) is 17.1 Å². The highest BCUT2D eigenvalue weighted by Crippen LogP contribution is 2.49. The van der Waals surface area contributed by atoms with Crippen molar-refractivity contribution in [2.45, 2.75) is 5.66 Å². The van der Waals surface area contributed by atoms with Gasteiger partial charge in [-0.2, -0.15) is 9.48 Å². The zero-order valence-electron chi connectivity index (χ0n) is 21.3. The van der Waals surface area contributed by atoms with Gasteiger partial charge in [0.25, 0.3) is 11.4 Å². The number of anilines is 2. The fourth-order valence-corrected chi connectivity index (χ4v) is 5.59. The Labute approximate surface area is 242 Å². The van der Waals surface area contributed by atoms with Crippen molar-refractivity contribution in [1.29, 1.82) is 0 Å². The van der Waals surface area contributed by atoms with Crippen molar-refractivity contribution in [3.63, 3.8) is 0 Å². The van der Waals surface area contributed by atoms with Crippen molar-refractivity contribution in [2.24, 2.45) is 5.73 Å². The maximum absolute atomic E-state index is 14.9. The van der Waals surface area contributed by atoms with E-state index in [1.54, 1.807) is 78.9 Å². The van der Waals surface area contributed by atoms with E-state index in [2.05, 4.69) is 15.9 Å². The molecule has 1 fully saturated rings. The molecule has 0 radical (unpaired) electrons. The van der Waals surface area contributed by atoms with Gasteiger partial charge in [-0.25, -0.2) is 4.79 Å². The van der Waals surface area contributed by atoms with E-state index in [0.29, 0.717) is 15.8 Å². The van der Waals surface area contributed by atoms with Crippen molar-refractivity contribution in [3.05, 3.63) is 125 Å². The highest BCUT2D eigenvalue weighted by molar-refractivity contribution is 9.10. The Morgan fingerprint density at radius 2 is 1.41 bits per heavy atom. The largest absolute Gasteiger partial charge is 0.872 e. The summed E-state index contributed by atoms with van der Waals surface area (Å²) in [5, 5.41) is 25.1. The Morgan fingerprint density at radius 3 is 2.05 bits per heavy atom. The van der Waals surface area contributed by atoms with Crippen LogP contribution in [0.1, 0.15) is 5.56 Å². The topological polar surface area (TPSA) is 130 Å². The van der Waals surface area contributed by atoms with E-state index in [9.17, 15) is 24.6 Å². The molecule has 2 heterocycles. The second-order valence-electron chi connectivity index (χ2n) is 9.35. The lowest BCUT2D eigenvalue weighted by molar-refractivity contribution is -0.495. The van der Waals surface area contributed by atoms with Gasteiger partial charge in [0.2, 0.25) is 0 Å². The third-order valence-corrected chi connectivity index (χ3v) is 7.59. The summed E-state index contributed by atoms with van der Waals surface area (Å²) >= 11 is 3.33.